The quantitative estimate of drug-likeness (QED) is 0.891. The average molecular weight is 313 g/mol. The summed E-state index contributed by atoms with van der Waals surface area (Å²) >= 11 is 0. The van der Waals surface area contributed by atoms with Gasteiger partial charge in [-0.15, -0.1) is 12.4 Å². The summed E-state index contributed by atoms with van der Waals surface area (Å²) in [7, 11) is 0. The Balaban J connectivity index is 0.00000161. The summed E-state index contributed by atoms with van der Waals surface area (Å²) < 4.78 is 10.6. The molecule has 1 amide bonds. The molecule has 0 spiro atoms. The predicted octanol–water partition coefficient (Wildman–Crippen LogP) is 1.64. The number of carbonyl (C=O) groups is 1. The van der Waals surface area contributed by atoms with Gasteiger partial charge in [0, 0.05) is 12.1 Å². The molecule has 2 unspecified atom stereocenters. The molecule has 0 radical (unpaired) electrons. The Labute approximate surface area is 130 Å². The van der Waals surface area contributed by atoms with Crippen molar-refractivity contribution in [3.63, 3.8) is 0 Å². The fourth-order valence-corrected chi connectivity index (χ4v) is 2.78. The van der Waals surface area contributed by atoms with E-state index in [1.165, 1.54) is 0 Å². The zero-order valence-corrected chi connectivity index (χ0v) is 12.9. The van der Waals surface area contributed by atoms with Gasteiger partial charge < -0.3 is 20.1 Å². The normalized spacial score (nSPS) is 23.3. The Bertz CT molecular complexity index is 510. The van der Waals surface area contributed by atoms with Gasteiger partial charge in [0.2, 0.25) is 12.7 Å². The van der Waals surface area contributed by atoms with Crippen molar-refractivity contribution in [3.05, 3.63) is 23.8 Å². The minimum atomic E-state index is 0. The SMILES string of the molecule is CC1CC(NC(=O)Cc2ccc3c(c2)OCO3)CCN1.Cl. The third-order valence-electron chi connectivity index (χ3n) is 3.79. The molecule has 0 aromatic heterocycles. The largest absolute Gasteiger partial charge is 0.454 e. The van der Waals surface area contributed by atoms with Crippen LogP contribution >= 0.6 is 12.4 Å². The second-order valence-corrected chi connectivity index (χ2v) is 5.51. The van der Waals surface area contributed by atoms with Crippen molar-refractivity contribution in [3.8, 4) is 11.5 Å². The van der Waals surface area contributed by atoms with Crippen LogP contribution in [0.4, 0.5) is 0 Å². The van der Waals surface area contributed by atoms with Crippen molar-refractivity contribution in [1.29, 1.82) is 0 Å². The molecule has 1 aromatic carbocycles. The minimum absolute atomic E-state index is 0. The summed E-state index contributed by atoms with van der Waals surface area (Å²) in [6, 6.07) is 6.41. The number of nitrogens with one attached hydrogen (secondary N) is 2. The van der Waals surface area contributed by atoms with Crippen LogP contribution in [0, 0.1) is 0 Å². The number of carbonyl (C=O) groups excluding carboxylic acids is 1. The molecule has 0 aliphatic carbocycles. The molecule has 1 fully saturated rings. The van der Waals surface area contributed by atoms with Crippen molar-refractivity contribution >= 4 is 18.3 Å². The van der Waals surface area contributed by atoms with E-state index in [2.05, 4.69) is 17.6 Å². The van der Waals surface area contributed by atoms with Gasteiger partial charge in [0.1, 0.15) is 0 Å². The maximum atomic E-state index is 12.1. The summed E-state index contributed by atoms with van der Waals surface area (Å²) in [5.74, 6) is 1.55. The molecule has 0 saturated carbocycles. The molecule has 1 saturated heterocycles. The second kappa shape index (κ2) is 7.00. The first-order chi connectivity index (χ1) is 9.70. The predicted molar refractivity (Wildman–Crippen MR) is 82.1 cm³/mol. The van der Waals surface area contributed by atoms with Gasteiger partial charge in [0.25, 0.3) is 0 Å². The van der Waals surface area contributed by atoms with E-state index in [-0.39, 0.29) is 31.1 Å². The molecule has 2 atom stereocenters. The summed E-state index contributed by atoms with van der Waals surface area (Å²) in [6.07, 6.45) is 2.37. The summed E-state index contributed by atoms with van der Waals surface area (Å²) in [5, 5.41) is 6.50. The van der Waals surface area contributed by atoms with E-state index in [1.54, 1.807) is 0 Å². The molecule has 2 aliphatic heterocycles. The van der Waals surface area contributed by atoms with Crippen LogP contribution in [0.5, 0.6) is 11.5 Å². The Morgan fingerprint density at radius 1 is 1.38 bits per heavy atom. The van der Waals surface area contributed by atoms with Gasteiger partial charge >= 0.3 is 0 Å². The highest BCUT2D eigenvalue weighted by molar-refractivity contribution is 5.85. The van der Waals surface area contributed by atoms with Gasteiger partial charge in [-0.25, -0.2) is 0 Å². The molecule has 1 aromatic rings. The van der Waals surface area contributed by atoms with Crippen molar-refractivity contribution in [2.24, 2.45) is 0 Å². The van der Waals surface area contributed by atoms with Crippen molar-refractivity contribution in [2.75, 3.05) is 13.3 Å². The Hall–Kier alpha value is -1.46. The molecule has 0 bridgehead atoms. The molecule has 21 heavy (non-hydrogen) atoms. The van der Waals surface area contributed by atoms with E-state index < -0.39 is 0 Å². The second-order valence-electron chi connectivity index (χ2n) is 5.51. The van der Waals surface area contributed by atoms with Gasteiger partial charge in [-0.2, -0.15) is 0 Å². The van der Waals surface area contributed by atoms with Gasteiger partial charge in [-0.3, -0.25) is 4.79 Å². The topological polar surface area (TPSA) is 59.6 Å². The van der Waals surface area contributed by atoms with Crippen LogP contribution in [0.3, 0.4) is 0 Å². The number of fused-ring (bicyclic) bond motifs is 1. The third kappa shape index (κ3) is 4.02. The molecular formula is C15H21ClN2O3. The smallest absolute Gasteiger partial charge is 0.231 e. The Morgan fingerprint density at radius 3 is 3.00 bits per heavy atom. The van der Waals surface area contributed by atoms with Gasteiger partial charge in [0.15, 0.2) is 11.5 Å². The summed E-state index contributed by atoms with van der Waals surface area (Å²) in [4.78, 5) is 12.1. The number of hydrogen-bond acceptors (Lipinski definition) is 4. The molecule has 5 nitrogen and oxygen atoms in total. The lowest BCUT2D eigenvalue weighted by Crippen LogP contribution is -2.46. The van der Waals surface area contributed by atoms with Crippen molar-refractivity contribution in [1.82, 2.24) is 10.6 Å². The minimum Gasteiger partial charge on any atom is -0.454 e. The van der Waals surface area contributed by atoms with Crippen LogP contribution in [0.1, 0.15) is 25.3 Å². The highest BCUT2D eigenvalue weighted by Crippen LogP contribution is 2.32. The van der Waals surface area contributed by atoms with E-state index in [1.807, 2.05) is 18.2 Å². The Morgan fingerprint density at radius 2 is 2.19 bits per heavy atom. The van der Waals surface area contributed by atoms with Gasteiger partial charge in [-0.1, -0.05) is 6.07 Å². The lowest BCUT2D eigenvalue weighted by Gasteiger charge is -2.28. The first-order valence-corrected chi connectivity index (χ1v) is 7.12. The molecule has 2 aliphatic rings. The van der Waals surface area contributed by atoms with Crippen LogP contribution < -0.4 is 20.1 Å². The average Bonchev–Trinajstić information content (AvgIpc) is 2.86. The highest BCUT2D eigenvalue weighted by atomic mass is 35.5. The first kappa shape index (κ1) is 15.9. The lowest BCUT2D eigenvalue weighted by atomic mass is 10.0. The zero-order valence-electron chi connectivity index (χ0n) is 12.1. The number of benzene rings is 1. The van der Waals surface area contributed by atoms with Crippen LogP contribution in [0.2, 0.25) is 0 Å². The molecule has 2 heterocycles. The van der Waals surface area contributed by atoms with Crippen LogP contribution in [-0.4, -0.2) is 31.3 Å². The lowest BCUT2D eigenvalue weighted by molar-refractivity contribution is -0.121. The fourth-order valence-electron chi connectivity index (χ4n) is 2.78. The monoisotopic (exact) mass is 312 g/mol. The van der Waals surface area contributed by atoms with Crippen LogP contribution in [0.25, 0.3) is 0 Å². The van der Waals surface area contributed by atoms with E-state index in [9.17, 15) is 4.79 Å². The van der Waals surface area contributed by atoms with Crippen LogP contribution in [-0.2, 0) is 11.2 Å². The number of amides is 1. The van der Waals surface area contributed by atoms with Gasteiger partial charge in [0.05, 0.1) is 6.42 Å². The maximum absolute atomic E-state index is 12.1. The standard InChI is InChI=1S/C15H20N2O3.ClH/c1-10-6-12(4-5-16-10)17-15(18)8-11-2-3-13-14(7-11)20-9-19-13;/h2-3,7,10,12,16H,4-6,8-9H2,1H3,(H,17,18);1H. The Kier molecular flexibility index (Phi) is 5.31. The number of ether oxygens (including phenoxy) is 2. The number of halogens is 1. The van der Waals surface area contributed by atoms with E-state index in [0.29, 0.717) is 12.5 Å². The van der Waals surface area contributed by atoms with E-state index in [4.69, 9.17) is 9.47 Å². The van der Waals surface area contributed by atoms with Crippen molar-refractivity contribution in [2.45, 2.75) is 38.3 Å². The number of rotatable bonds is 3. The molecule has 116 valence electrons. The van der Waals surface area contributed by atoms with E-state index >= 15 is 0 Å². The molecule has 3 rings (SSSR count). The number of hydrogen-bond donors (Lipinski definition) is 2. The third-order valence-corrected chi connectivity index (χ3v) is 3.79. The van der Waals surface area contributed by atoms with E-state index in [0.717, 1.165) is 36.4 Å². The number of piperidine rings is 1. The molecular weight excluding hydrogens is 292 g/mol. The highest BCUT2D eigenvalue weighted by Gasteiger charge is 2.20. The molecule has 2 N–H and O–H groups in total. The maximum Gasteiger partial charge on any atom is 0.231 e. The zero-order chi connectivity index (χ0) is 13.9. The van der Waals surface area contributed by atoms with Gasteiger partial charge in [-0.05, 0) is 44.0 Å². The fraction of sp³-hybridized carbons (Fsp3) is 0.533. The van der Waals surface area contributed by atoms with Crippen molar-refractivity contribution < 1.29 is 14.3 Å². The van der Waals surface area contributed by atoms with Crippen LogP contribution in [0.15, 0.2) is 18.2 Å². The first-order valence-electron chi connectivity index (χ1n) is 7.12. The molecule has 6 heteroatoms. The summed E-state index contributed by atoms with van der Waals surface area (Å²) in [6.45, 7) is 3.38. The summed E-state index contributed by atoms with van der Waals surface area (Å²) in [5.41, 5.74) is 0.953.